The first-order chi connectivity index (χ1) is 22.2. The maximum atomic E-state index is 5.15. The first-order valence-electron chi connectivity index (χ1n) is 18.5. The van der Waals surface area contributed by atoms with Crippen LogP contribution in [0.4, 0.5) is 0 Å². The van der Waals surface area contributed by atoms with Crippen molar-refractivity contribution in [2.45, 2.75) is 182 Å². The van der Waals surface area contributed by atoms with Crippen LogP contribution in [0, 0.1) is 14.9 Å². The molecular formula is C42H72HfN6-6. The van der Waals surface area contributed by atoms with Gasteiger partial charge in [0.15, 0.2) is 0 Å². The van der Waals surface area contributed by atoms with Gasteiger partial charge in [-0.05, 0) is 55.4 Å². The van der Waals surface area contributed by atoms with Crippen molar-refractivity contribution in [2.75, 3.05) is 0 Å². The van der Waals surface area contributed by atoms with E-state index in [1.807, 2.05) is 0 Å². The van der Waals surface area contributed by atoms with Gasteiger partial charge in [0.25, 0.3) is 0 Å². The minimum atomic E-state index is -0.0155. The molecule has 0 aromatic heterocycles. The minimum absolute atomic E-state index is 0. The zero-order valence-corrected chi connectivity index (χ0v) is 36.7. The van der Waals surface area contributed by atoms with E-state index in [9.17, 15) is 0 Å². The van der Waals surface area contributed by atoms with Crippen molar-refractivity contribution in [3.05, 3.63) is 108 Å². The Bertz CT molecular complexity index is 922. The van der Waals surface area contributed by atoms with Gasteiger partial charge in [0.2, 0.25) is 0 Å². The van der Waals surface area contributed by atoms with E-state index in [2.05, 4.69) is 126 Å². The molecule has 2 aliphatic rings. The summed E-state index contributed by atoms with van der Waals surface area (Å²) in [6.45, 7) is 19.5. The summed E-state index contributed by atoms with van der Waals surface area (Å²) in [4.78, 5) is 4.88. The Morgan fingerprint density at radius 3 is 1.04 bits per heavy atom. The van der Waals surface area contributed by atoms with E-state index in [0.717, 1.165) is 13.1 Å². The van der Waals surface area contributed by atoms with Gasteiger partial charge in [-0.25, -0.2) is 0 Å². The maximum absolute atomic E-state index is 5.15. The van der Waals surface area contributed by atoms with E-state index in [1.54, 1.807) is 0 Å². The molecule has 280 valence electrons. The minimum Gasteiger partial charge on any atom is -0.663 e. The molecule has 2 fully saturated rings. The van der Waals surface area contributed by atoms with Gasteiger partial charge in [-0.3, -0.25) is 0 Å². The topological polar surface area (TPSA) is 62.9 Å². The van der Waals surface area contributed by atoms with E-state index >= 15 is 0 Å². The molecule has 0 spiro atoms. The largest absolute Gasteiger partial charge is 0.663 e. The Kier molecular flexibility index (Phi) is 26.3. The summed E-state index contributed by atoms with van der Waals surface area (Å²) in [5.74, 6) is 0. The van der Waals surface area contributed by atoms with E-state index in [1.165, 1.54) is 75.3 Å². The summed E-state index contributed by atoms with van der Waals surface area (Å²) in [7, 11) is 0. The summed E-state index contributed by atoms with van der Waals surface area (Å²) >= 11 is 0. The molecule has 0 aliphatic heterocycles. The van der Waals surface area contributed by atoms with Crippen molar-refractivity contribution < 1.29 is 25.8 Å². The van der Waals surface area contributed by atoms with Gasteiger partial charge in [0.1, 0.15) is 0 Å². The number of hydrogen-bond donors (Lipinski definition) is 0. The van der Waals surface area contributed by atoms with Gasteiger partial charge >= 0.3 is 0 Å². The first kappa shape index (κ1) is 48.1. The Labute approximate surface area is 323 Å². The molecule has 49 heavy (non-hydrogen) atoms. The van der Waals surface area contributed by atoms with Crippen molar-refractivity contribution in [3.63, 3.8) is 0 Å². The molecule has 0 N–H and O–H groups in total. The van der Waals surface area contributed by atoms with Crippen molar-refractivity contribution in [1.82, 2.24) is 9.80 Å². The normalized spacial score (nSPS) is 16.9. The van der Waals surface area contributed by atoms with Crippen molar-refractivity contribution in [1.29, 1.82) is 0 Å². The smallest absolute Gasteiger partial charge is 0.000655 e. The van der Waals surface area contributed by atoms with E-state index in [4.69, 9.17) is 21.3 Å². The second-order valence-electron chi connectivity index (χ2n) is 14.5. The number of nitrogens with zero attached hydrogens (tertiary/aromatic N) is 6. The van der Waals surface area contributed by atoms with Gasteiger partial charge in [-0.1, -0.05) is 136 Å². The van der Waals surface area contributed by atoms with Crippen LogP contribution >= 0.6 is 0 Å². The van der Waals surface area contributed by atoms with Crippen LogP contribution in [0.5, 0.6) is 0 Å². The van der Waals surface area contributed by atoms with Crippen LogP contribution < -0.4 is 0 Å². The average molecular weight is 840 g/mol. The third-order valence-corrected chi connectivity index (χ3v) is 9.32. The summed E-state index contributed by atoms with van der Waals surface area (Å²) in [5.41, 5.74) is 2.53. The van der Waals surface area contributed by atoms with Crippen LogP contribution in [0.1, 0.15) is 131 Å². The fourth-order valence-corrected chi connectivity index (χ4v) is 7.07. The van der Waals surface area contributed by atoms with Crippen molar-refractivity contribution >= 4 is 0 Å². The Morgan fingerprint density at radius 1 is 0.490 bits per heavy atom. The van der Waals surface area contributed by atoms with Gasteiger partial charge in [0, 0.05) is 50.0 Å². The molecule has 2 aromatic rings. The average Bonchev–Trinajstić information content (AvgIpc) is 3.04. The van der Waals surface area contributed by atoms with Crippen LogP contribution in [0.3, 0.4) is 0 Å². The van der Waals surface area contributed by atoms with Crippen LogP contribution in [-0.4, -0.2) is 58.6 Å². The van der Waals surface area contributed by atoms with Crippen LogP contribution in [0.15, 0.2) is 60.7 Å². The Balaban J connectivity index is 0.000000886. The fraction of sp³-hybridized carbons (Fsp3) is 0.667. The maximum Gasteiger partial charge on any atom is 0.000655 e. The molecule has 0 bridgehead atoms. The van der Waals surface area contributed by atoms with E-state index < -0.39 is 0 Å². The molecule has 6 nitrogen and oxygen atoms in total. The predicted octanol–water partition coefficient (Wildman–Crippen LogP) is 12.2. The molecule has 2 atom stereocenters. The van der Waals surface area contributed by atoms with E-state index in [0.29, 0.717) is 36.3 Å². The summed E-state index contributed by atoms with van der Waals surface area (Å²) < 4.78 is 0. The first-order valence-corrected chi connectivity index (χ1v) is 18.5. The third-order valence-electron chi connectivity index (χ3n) is 9.32. The number of benzene rings is 2. The van der Waals surface area contributed by atoms with Crippen LogP contribution in [0.25, 0.3) is 21.3 Å². The van der Waals surface area contributed by atoms with Crippen molar-refractivity contribution in [3.8, 4) is 0 Å². The fourth-order valence-electron chi connectivity index (χ4n) is 7.07. The van der Waals surface area contributed by atoms with Gasteiger partial charge in [0.05, 0.1) is 0 Å². The summed E-state index contributed by atoms with van der Waals surface area (Å²) in [6.07, 6.45) is 13.0. The standard InChI is InChI=1S/2C20H33N3.2CH3.Hf/c2*1-16(2)23(17(3)4)20(22-19-13-9-6-10-14-19)21-15-18-11-7-5-8-12-18;;;/h2*5,7-8,11-12,16-17,19-20H,6,9-10,13-15H2,1-4H3;2*1H3;/q2*-2;2*-1;. The quantitative estimate of drug-likeness (QED) is 0.125. The Hall–Kier alpha value is -0.930. The molecule has 2 unspecified atom stereocenters. The molecular weight excluding hydrogens is 767 g/mol. The van der Waals surface area contributed by atoms with Crippen molar-refractivity contribution in [2.24, 2.45) is 0 Å². The summed E-state index contributed by atoms with van der Waals surface area (Å²) in [5, 5.41) is 20.3. The van der Waals surface area contributed by atoms with Crippen LogP contribution in [0.2, 0.25) is 0 Å². The number of hydrogen-bond acceptors (Lipinski definition) is 2. The molecule has 0 saturated heterocycles. The SMILES string of the molecule is CC(C)N(C(C)C)C([N-]Cc1ccccc1)[N-]C1CCCCC1.CC(C)N(C(C)C)C([N-]Cc1ccccc1)[N-]C1CCCCC1.[CH3-].[CH3-].[Hf]. The molecule has 2 saturated carbocycles. The van der Waals surface area contributed by atoms with Gasteiger partial charge in [-0.15, -0.1) is 25.2 Å². The summed E-state index contributed by atoms with van der Waals surface area (Å²) in [6, 6.07) is 23.8. The van der Waals surface area contributed by atoms with Gasteiger partial charge < -0.3 is 45.9 Å². The zero-order valence-electron chi connectivity index (χ0n) is 33.1. The predicted molar refractivity (Wildman–Crippen MR) is 212 cm³/mol. The second-order valence-corrected chi connectivity index (χ2v) is 14.5. The second kappa shape index (κ2) is 26.8. The molecule has 2 aromatic carbocycles. The van der Waals surface area contributed by atoms with E-state index in [-0.39, 0.29) is 53.3 Å². The molecule has 7 heteroatoms. The molecule has 0 heterocycles. The monoisotopic (exact) mass is 841 g/mol. The Morgan fingerprint density at radius 2 is 0.776 bits per heavy atom. The third kappa shape index (κ3) is 17.9. The molecule has 0 amide bonds. The molecule has 4 rings (SSSR count). The zero-order chi connectivity index (χ0) is 33.3. The van der Waals surface area contributed by atoms with Gasteiger partial charge in [-0.2, -0.15) is 12.6 Å². The van der Waals surface area contributed by atoms with Crippen LogP contribution in [-0.2, 0) is 38.9 Å². The number of rotatable bonds is 16. The molecule has 0 radical (unpaired) electrons. The molecule has 2 aliphatic carbocycles.